The summed E-state index contributed by atoms with van der Waals surface area (Å²) in [6.07, 6.45) is 5.73. The Hall–Kier alpha value is -1.43. The van der Waals surface area contributed by atoms with E-state index in [9.17, 15) is 4.79 Å². The molecule has 3 rings (SSSR count). The van der Waals surface area contributed by atoms with E-state index < -0.39 is 5.60 Å². The third-order valence-corrected chi connectivity index (χ3v) is 5.08. The summed E-state index contributed by atoms with van der Waals surface area (Å²) in [5.74, 6) is 0.155. The number of carbonyl (C=O) groups is 1. The van der Waals surface area contributed by atoms with Gasteiger partial charge >= 0.3 is 0 Å². The van der Waals surface area contributed by atoms with Gasteiger partial charge in [0.1, 0.15) is 5.60 Å². The molecule has 3 heterocycles. The molecule has 2 aliphatic rings. The van der Waals surface area contributed by atoms with E-state index >= 15 is 0 Å². The van der Waals surface area contributed by atoms with Gasteiger partial charge in [-0.1, -0.05) is 26.0 Å². The molecule has 1 amide bonds. The first-order chi connectivity index (χ1) is 10.8. The number of hydrogen-bond acceptors (Lipinski definition) is 4. The van der Waals surface area contributed by atoms with Crippen LogP contribution in [0.1, 0.15) is 65.1 Å². The van der Waals surface area contributed by atoms with Gasteiger partial charge in [-0.05, 0) is 32.6 Å². The molecule has 6 heteroatoms. The molecule has 0 saturated carbocycles. The Kier molecular flexibility index (Phi) is 4.21. The van der Waals surface area contributed by atoms with Crippen LogP contribution >= 0.6 is 0 Å². The zero-order valence-electron chi connectivity index (χ0n) is 14.7. The third kappa shape index (κ3) is 3.27. The van der Waals surface area contributed by atoms with Crippen LogP contribution in [0.4, 0.5) is 0 Å². The number of aromatic nitrogens is 3. The van der Waals surface area contributed by atoms with Gasteiger partial charge in [0.05, 0.1) is 11.7 Å². The molecule has 128 valence electrons. The highest BCUT2D eigenvalue weighted by Crippen LogP contribution is 2.30. The van der Waals surface area contributed by atoms with E-state index in [-0.39, 0.29) is 11.3 Å². The fourth-order valence-electron chi connectivity index (χ4n) is 3.41. The molecular weight excluding hydrogens is 292 g/mol. The van der Waals surface area contributed by atoms with Gasteiger partial charge in [0, 0.05) is 31.3 Å². The van der Waals surface area contributed by atoms with Crippen molar-refractivity contribution >= 4 is 5.91 Å². The molecule has 23 heavy (non-hydrogen) atoms. The van der Waals surface area contributed by atoms with Crippen molar-refractivity contribution in [2.45, 2.75) is 70.4 Å². The van der Waals surface area contributed by atoms with Gasteiger partial charge < -0.3 is 9.64 Å². The number of nitrogens with zero attached hydrogens (tertiary/aromatic N) is 4. The van der Waals surface area contributed by atoms with Crippen LogP contribution in [0.3, 0.4) is 0 Å². The lowest BCUT2D eigenvalue weighted by atomic mass is 9.93. The van der Waals surface area contributed by atoms with Crippen molar-refractivity contribution in [2.75, 3.05) is 19.7 Å². The largest absolute Gasteiger partial charge is 0.365 e. The molecule has 1 aromatic rings. The predicted molar refractivity (Wildman–Crippen MR) is 87.2 cm³/mol. The normalized spacial score (nSPS) is 26.7. The highest BCUT2D eigenvalue weighted by atomic mass is 16.5. The lowest BCUT2D eigenvalue weighted by Crippen LogP contribution is -2.49. The van der Waals surface area contributed by atoms with Crippen LogP contribution in [0.2, 0.25) is 0 Å². The second-order valence-corrected chi connectivity index (χ2v) is 8.04. The minimum atomic E-state index is -0.598. The second kappa shape index (κ2) is 5.89. The van der Waals surface area contributed by atoms with Gasteiger partial charge in [-0.15, -0.1) is 5.10 Å². The van der Waals surface area contributed by atoms with Crippen LogP contribution in [0.15, 0.2) is 6.20 Å². The van der Waals surface area contributed by atoms with Crippen molar-refractivity contribution in [1.29, 1.82) is 0 Å². The van der Waals surface area contributed by atoms with Crippen molar-refractivity contribution in [3.63, 3.8) is 0 Å². The molecule has 6 nitrogen and oxygen atoms in total. The SMILES string of the molecule is CC(C)(C)c1cn(C2CCN(C(=O)[C@@]3(C)CCCO3)CC2)nn1. The molecule has 0 radical (unpaired) electrons. The zero-order chi connectivity index (χ0) is 16.7. The minimum absolute atomic E-state index is 0.0172. The molecule has 0 spiro atoms. The highest BCUT2D eigenvalue weighted by molar-refractivity contribution is 5.85. The van der Waals surface area contributed by atoms with Gasteiger partial charge in [-0.25, -0.2) is 4.68 Å². The molecule has 0 bridgehead atoms. The van der Waals surface area contributed by atoms with Gasteiger partial charge in [-0.2, -0.15) is 0 Å². The number of ether oxygens (including phenoxy) is 1. The van der Waals surface area contributed by atoms with E-state index in [1.807, 2.05) is 16.5 Å². The summed E-state index contributed by atoms with van der Waals surface area (Å²) < 4.78 is 7.67. The minimum Gasteiger partial charge on any atom is -0.365 e. The Balaban J connectivity index is 1.60. The summed E-state index contributed by atoms with van der Waals surface area (Å²) in [6, 6.07) is 0.333. The van der Waals surface area contributed by atoms with Crippen LogP contribution in [0.25, 0.3) is 0 Å². The monoisotopic (exact) mass is 320 g/mol. The summed E-state index contributed by atoms with van der Waals surface area (Å²) in [4.78, 5) is 14.6. The van der Waals surface area contributed by atoms with Crippen molar-refractivity contribution in [3.8, 4) is 0 Å². The maximum absolute atomic E-state index is 12.7. The van der Waals surface area contributed by atoms with Gasteiger partial charge in [-0.3, -0.25) is 4.79 Å². The maximum Gasteiger partial charge on any atom is 0.254 e. The Morgan fingerprint density at radius 1 is 1.35 bits per heavy atom. The van der Waals surface area contributed by atoms with Gasteiger partial charge in [0.2, 0.25) is 0 Å². The van der Waals surface area contributed by atoms with Crippen LogP contribution in [-0.2, 0) is 14.9 Å². The van der Waals surface area contributed by atoms with Crippen molar-refractivity contribution in [1.82, 2.24) is 19.9 Å². The third-order valence-electron chi connectivity index (χ3n) is 5.08. The lowest BCUT2D eigenvalue weighted by Gasteiger charge is -2.36. The second-order valence-electron chi connectivity index (χ2n) is 8.04. The summed E-state index contributed by atoms with van der Waals surface area (Å²) in [5.41, 5.74) is 0.436. The zero-order valence-corrected chi connectivity index (χ0v) is 14.7. The quantitative estimate of drug-likeness (QED) is 0.839. The van der Waals surface area contributed by atoms with Crippen LogP contribution in [-0.4, -0.2) is 51.1 Å². The average Bonchev–Trinajstić information content (AvgIpc) is 3.16. The van der Waals surface area contributed by atoms with E-state index in [2.05, 4.69) is 37.3 Å². The number of rotatable bonds is 2. The number of likely N-dealkylation sites (tertiary alicyclic amines) is 1. The first-order valence-electron chi connectivity index (χ1n) is 8.65. The first kappa shape index (κ1) is 16.4. The summed E-state index contributed by atoms with van der Waals surface area (Å²) in [5, 5.41) is 8.61. The van der Waals surface area contributed by atoms with E-state index in [4.69, 9.17) is 4.74 Å². The number of hydrogen-bond donors (Lipinski definition) is 0. The Labute approximate surface area is 138 Å². The van der Waals surface area contributed by atoms with Crippen molar-refractivity contribution in [3.05, 3.63) is 11.9 Å². The maximum atomic E-state index is 12.7. The van der Waals surface area contributed by atoms with Gasteiger partial charge in [0.25, 0.3) is 5.91 Å². The first-order valence-corrected chi connectivity index (χ1v) is 8.65. The molecule has 0 aromatic carbocycles. The topological polar surface area (TPSA) is 60.2 Å². The summed E-state index contributed by atoms with van der Waals surface area (Å²) in [6.45, 7) is 10.6. The van der Waals surface area contributed by atoms with Gasteiger partial charge in [0.15, 0.2) is 0 Å². The van der Waals surface area contributed by atoms with Crippen LogP contribution in [0, 0.1) is 0 Å². The standard InChI is InChI=1S/C17H28N4O2/c1-16(2,3)14-12-21(19-18-14)13-6-9-20(10-7-13)15(22)17(4)8-5-11-23-17/h12-13H,5-11H2,1-4H3/t17-/m1/s1. The fraction of sp³-hybridized carbons (Fsp3) is 0.824. The van der Waals surface area contributed by atoms with Crippen LogP contribution in [0.5, 0.6) is 0 Å². The van der Waals surface area contributed by atoms with E-state index in [1.54, 1.807) is 0 Å². The molecule has 2 fully saturated rings. The molecule has 2 aliphatic heterocycles. The average molecular weight is 320 g/mol. The lowest BCUT2D eigenvalue weighted by molar-refractivity contribution is -0.152. The number of piperidine rings is 1. The molecule has 0 aliphatic carbocycles. The predicted octanol–water partition coefficient (Wildman–Crippen LogP) is 2.31. The Morgan fingerprint density at radius 3 is 2.57 bits per heavy atom. The molecule has 0 unspecified atom stereocenters. The van der Waals surface area contributed by atoms with E-state index in [0.29, 0.717) is 12.6 Å². The van der Waals surface area contributed by atoms with E-state index in [0.717, 1.165) is 44.5 Å². The summed E-state index contributed by atoms with van der Waals surface area (Å²) >= 11 is 0. The molecule has 1 aromatic heterocycles. The molecule has 0 N–H and O–H groups in total. The van der Waals surface area contributed by atoms with Crippen molar-refractivity contribution < 1.29 is 9.53 Å². The van der Waals surface area contributed by atoms with Crippen LogP contribution < -0.4 is 0 Å². The Bertz CT molecular complexity index is 561. The van der Waals surface area contributed by atoms with E-state index in [1.165, 1.54) is 0 Å². The van der Waals surface area contributed by atoms with Crippen molar-refractivity contribution in [2.24, 2.45) is 0 Å². The smallest absolute Gasteiger partial charge is 0.254 e. The highest BCUT2D eigenvalue weighted by Gasteiger charge is 2.41. The molecule has 2 saturated heterocycles. The Morgan fingerprint density at radius 2 is 2.04 bits per heavy atom. The fourth-order valence-corrected chi connectivity index (χ4v) is 3.41. The molecular formula is C17H28N4O2. The number of carbonyl (C=O) groups excluding carboxylic acids is 1. The summed E-state index contributed by atoms with van der Waals surface area (Å²) in [7, 11) is 0. The number of amides is 1. The molecule has 1 atom stereocenters.